The molecule has 0 aromatic carbocycles. The van der Waals surface area contributed by atoms with Gasteiger partial charge in [0.25, 0.3) is 5.91 Å². The van der Waals surface area contributed by atoms with Crippen LogP contribution in [0.4, 0.5) is 11.6 Å². The number of pyridine rings is 1. The van der Waals surface area contributed by atoms with Gasteiger partial charge in [-0.1, -0.05) is 0 Å². The summed E-state index contributed by atoms with van der Waals surface area (Å²) in [5, 5.41) is 12.0. The van der Waals surface area contributed by atoms with E-state index in [0.717, 1.165) is 24.0 Å². The summed E-state index contributed by atoms with van der Waals surface area (Å²) < 4.78 is 1.50. The molecule has 0 radical (unpaired) electrons. The predicted molar refractivity (Wildman–Crippen MR) is 126 cm³/mol. The number of nitrogens with two attached hydrogens (primary N) is 2. The highest BCUT2D eigenvalue weighted by Crippen LogP contribution is 2.45. The van der Waals surface area contributed by atoms with Crippen molar-refractivity contribution >= 4 is 29.0 Å². The number of amides is 1. The maximum Gasteiger partial charge on any atom is 0.292 e. The lowest BCUT2D eigenvalue weighted by atomic mass is 9.85. The van der Waals surface area contributed by atoms with Gasteiger partial charge in [-0.3, -0.25) is 9.59 Å². The number of ketones is 1. The van der Waals surface area contributed by atoms with E-state index in [2.05, 4.69) is 25.3 Å². The van der Waals surface area contributed by atoms with Crippen LogP contribution < -0.4 is 11.5 Å². The number of Topliss-reactive ketones (excluding diaryl/α,β-unsaturated/α-hetero) is 1. The summed E-state index contributed by atoms with van der Waals surface area (Å²) >= 11 is 0. The highest BCUT2D eigenvalue weighted by molar-refractivity contribution is 6.00. The highest BCUT2D eigenvalue weighted by Gasteiger charge is 2.45. The van der Waals surface area contributed by atoms with Crippen molar-refractivity contribution in [2.45, 2.75) is 50.6 Å². The Kier molecular flexibility index (Phi) is 4.76. The molecule has 2 fully saturated rings. The minimum absolute atomic E-state index is 0.0234. The van der Waals surface area contributed by atoms with Crippen LogP contribution in [0.2, 0.25) is 0 Å². The summed E-state index contributed by atoms with van der Waals surface area (Å²) in [5.74, 6) is 0.598. The van der Waals surface area contributed by atoms with Crippen LogP contribution in [0.3, 0.4) is 0 Å². The van der Waals surface area contributed by atoms with Crippen molar-refractivity contribution in [1.82, 2.24) is 39.7 Å². The van der Waals surface area contributed by atoms with Crippen LogP contribution in [0.25, 0.3) is 16.8 Å². The molecule has 0 saturated carbocycles. The Balaban J connectivity index is 1.41. The molecular formula is C23H24N10O2. The van der Waals surface area contributed by atoms with Gasteiger partial charge in [0.2, 0.25) is 5.82 Å². The summed E-state index contributed by atoms with van der Waals surface area (Å²) in [6, 6.07) is 3.62. The molecule has 2 atom stereocenters. The molecule has 2 bridgehead atoms. The molecule has 2 aliphatic rings. The maximum absolute atomic E-state index is 13.0. The Bertz CT molecular complexity index is 1430. The summed E-state index contributed by atoms with van der Waals surface area (Å²) in [6.45, 7) is 1.49. The monoisotopic (exact) mass is 472 g/mol. The number of carbonyl (C=O) groups excluding carboxylic acids is 2. The lowest BCUT2D eigenvalue weighted by molar-refractivity contribution is 0.0556. The molecule has 5 N–H and O–H groups in total. The molecule has 35 heavy (non-hydrogen) atoms. The Labute approximate surface area is 199 Å². The van der Waals surface area contributed by atoms with Crippen LogP contribution in [0.1, 0.15) is 65.2 Å². The van der Waals surface area contributed by atoms with Crippen molar-refractivity contribution in [3.05, 3.63) is 47.9 Å². The van der Waals surface area contributed by atoms with E-state index < -0.39 is 0 Å². The lowest BCUT2D eigenvalue weighted by Crippen LogP contribution is -2.46. The van der Waals surface area contributed by atoms with Gasteiger partial charge in [0.1, 0.15) is 18.0 Å². The van der Waals surface area contributed by atoms with E-state index >= 15 is 0 Å². The summed E-state index contributed by atoms with van der Waals surface area (Å²) in [6.07, 6.45) is 7.89. The number of fused-ring (bicyclic) bond motifs is 3. The highest BCUT2D eigenvalue weighted by atomic mass is 16.2. The first-order chi connectivity index (χ1) is 16.9. The number of nitrogen functional groups attached to an aromatic ring is 2. The topological polar surface area (TPSA) is 174 Å². The fourth-order valence-electron chi connectivity index (χ4n) is 5.62. The largest absolute Gasteiger partial charge is 0.384 e. The molecule has 0 spiro atoms. The summed E-state index contributed by atoms with van der Waals surface area (Å²) in [4.78, 5) is 39.6. The van der Waals surface area contributed by atoms with Crippen molar-refractivity contribution in [2.24, 2.45) is 0 Å². The zero-order chi connectivity index (χ0) is 24.3. The number of piperidine rings is 1. The smallest absolute Gasteiger partial charge is 0.292 e. The normalized spacial score (nSPS) is 21.5. The van der Waals surface area contributed by atoms with E-state index in [1.165, 1.54) is 17.8 Å². The second kappa shape index (κ2) is 7.86. The molecule has 2 unspecified atom stereocenters. The second-order valence-corrected chi connectivity index (χ2v) is 9.18. The Morgan fingerprint density at radius 1 is 1.11 bits per heavy atom. The average molecular weight is 473 g/mol. The van der Waals surface area contributed by atoms with Crippen LogP contribution in [-0.2, 0) is 0 Å². The van der Waals surface area contributed by atoms with Gasteiger partial charge in [-0.15, -0.1) is 10.2 Å². The molecular weight excluding hydrogens is 448 g/mol. The van der Waals surface area contributed by atoms with E-state index in [-0.39, 0.29) is 41.3 Å². The Morgan fingerprint density at radius 2 is 1.89 bits per heavy atom. The lowest BCUT2D eigenvalue weighted by Gasteiger charge is -2.38. The zero-order valence-electron chi connectivity index (χ0n) is 19.0. The first kappa shape index (κ1) is 21.2. The molecule has 2 aliphatic heterocycles. The van der Waals surface area contributed by atoms with E-state index in [9.17, 15) is 9.59 Å². The Morgan fingerprint density at radius 3 is 2.51 bits per heavy atom. The third-order valence-electron chi connectivity index (χ3n) is 7.13. The fraction of sp³-hybridized carbons (Fsp3) is 0.348. The van der Waals surface area contributed by atoms with E-state index in [4.69, 9.17) is 16.5 Å². The van der Waals surface area contributed by atoms with Crippen LogP contribution >= 0.6 is 0 Å². The number of nitrogens with one attached hydrogen (secondary N) is 1. The number of rotatable bonds is 4. The van der Waals surface area contributed by atoms with Crippen LogP contribution in [0.15, 0.2) is 30.9 Å². The third kappa shape index (κ3) is 3.32. The van der Waals surface area contributed by atoms with Gasteiger partial charge >= 0.3 is 0 Å². The number of carbonyl (C=O) groups is 2. The number of aromatic nitrogens is 7. The van der Waals surface area contributed by atoms with Gasteiger partial charge in [-0.05, 0) is 44.7 Å². The molecule has 1 amide bonds. The minimum atomic E-state index is -0.161. The third-order valence-corrected chi connectivity index (χ3v) is 7.13. The van der Waals surface area contributed by atoms with Gasteiger partial charge < -0.3 is 21.4 Å². The number of anilines is 2. The van der Waals surface area contributed by atoms with Crippen molar-refractivity contribution < 1.29 is 9.59 Å². The van der Waals surface area contributed by atoms with Crippen molar-refractivity contribution in [3.8, 4) is 11.1 Å². The van der Waals surface area contributed by atoms with Gasteiger partial charge in [0.15, 0.2) is 11.4 Å². The summed E-state index contributed by atoms with van der Waals surface area (Å²) in [5.41, 5.74) is 15.4. The van der Waals surface area contributed by atoms with Crippen molar-refractivity contribution in [3.63, 3.8) is 0 Å². The van der Waals surface area contributed by atoms with E-state index in [1.54, 1.807) is 18.5 Å². The zero-order valence-corrected chi connectivity index (χ0v) is 19.0. The first-order valence-electron chi connectivity index (χ1n) is 11.5. The number of H-pyrrole nitrogens is 1. The van der Waals surface area contributed by atoms with E-state index in [1.807, 2.05) is 11.0 Å². The van der Waals surface area contributed by atoms with Crippen LogP contribution in [0, 0.1) is 0 Å². The van der Waals surface area contributed by atoms with Gasteiger partial charge in [-0.25, -0.2) is 9.97 Å². The maximum atomic E-state index is 13.0. The standard InChI is InChI=1S/C23H24N10O2/c1-11(34)18-19(13-6-14-3-4-15(7-13)32(14)23(35)21-27-10-28-31-21)30-22-16(9-29-33(22)20(18)25)12-2-5-17(24)26-8-12/h2,5,8-10,13-15H,3-4,6-7,25H2,1H3,(H2,24,26)(H,27,28,31). The Hall–Kier alpha value is -4.35. The number of aromatic amines is 1. The van der Waals surface area contributed by atoms with Crippen molar-refractivity contribution in [1.29, 1.82) is 0 Å². The molecule has 6 rings (SSSR count). The fourth-order valence-corrected chi connectivity index (χ4v) is 5.62. The minimum Gasteiger partial charge on any atom is -0.384 e. The molecule has 4 aromatic heterocycles. The quantitative estimate of drug-likeness (QED) is 0.374. The SMILES string of the molecule is CC(=O)c1c(C2CC3CCC(C2)N3C(=O)c2nnc[nH]2)nc2c(-c3ccc(N)nc3)cnn2c1N. The average Bonchev–Trinajstić information content (AvgIpc) is 3.57. The first-order valence-corrected chi connectivity index (χ1v) is 11.5. The van der Waals surface area contributed by atoms with Gasteiger partial charge in [0, 0.05) is 35.3 Å². The molecule has 0 aliphatic carbocycles. The van der Waals surface area contributed by atoms with Gasteiger partial charge in [-0.2, -0.15) is 9.61 Å². The molecule has 4 aromatic rings. The number of nitrogens with zero attached hydrogens (tertiary/aromatic N) is 7. The molecule has 178 valence electrons. The van der Waals surface area contributed by atoms with E-state index in [0.29, 0.717) is 35.6 Å². The van der Waals surface area contributed by atoms with Crippen LogP contribution in [0.5, 0.6) is 0 Å². The second-order valence-electron chi connectivity index (χ2n) is 9.18. The predicted octanol–water partition coefficient (Wildman–Crippen LogP) is 1.83. The molecule has 6 heterocycles. The number of hydrogen-bond acceptors (Lipinski definition) is 9. The molecule has 12 heteroatoms. The van der Waals surface area contributed by atoms with Gasteiger partial charge in [0.05, 0.1) is 17.5 Å². The molecule has 2 saturated heterocycles. The van der Waals surface area contributed by atoms with Crippen LogP contribution in [-0.4, -0.2) is 63.4 Å². The number of hydrogen-bond donors (Lipinski definition) is 3. The summed E-state index contributed by atoms with van der Waals surface area (Å²) in [7, 11) is 0. The van der Waals surface area contributed by atoms with Crippen molar-refractivity contribution in [2.75, 3.05) is 11.5 Å². The molecule has 12 nitrogen and oxygen atoms in total.